The quantitative estimate of drug-likeness (QED) is 0.532. The number of hydrogen-bond donors (Lipinski definition) is 0. The van der Waals surface area contributed by atoms with Crippen LogP contribution in [0.15, 0.2) is 39.4 Å². The van der Waals surface area contributed by atoms with Crippen LogP contribution in [0.2, 0.25) is 5.02 Å². The van der Waals surface area contributed by atoms with Crippen molar-refractivity contribution in [1.29, 1.82) is 0 Å². The Balaban J connectivity index is 2.37. The van der Waals surface area contributed by atoms with E-state index in [1.807, 2.05) is 0 Å². The number of hydrogen-bond acceptors (Lipinski definition) is 4. The van der Waals surface area contributed by atoms with Crippen molar-refractivity contribution < 1.29 is 9.66 Å². The molecule has 8 heteroatoms. The molecule has 1 heterocycles. The molecule has 0 N–H and O–H groups in total. The van der Waals surface area contributed by atoms with Crippen LogP contribution in [0.4, 0.5) is 5.69 Å². The molecule has 2 aromatic rings. The molecule has 0 radical (unpaired) electrons. The topological polar surface area (TPSA) is 65.3 Å². The maximum absolute atomic E-state index is 10.7. The lowest BCUT2D eigenvalue weighted by Gasteiger charge is -2.08. The molecular formula is C11H5Br2ClN2O3. The van der Waals surface area contributed by atoms with Crippen molar-refractivity contribution in [3.63, 3.8) is 0 Å². The fourth-order valence-corrected chi connectivity index (χ4v) is 2.31. The van der Waals surface area contributed by atoms with E-state index in [-0.39, 0.29) is 11.6 Å². The van der Waals surface area contributed by atoms with Crippen LogP contribution in [-0.2, 0) is 0 Å². The van der Waals surface area contributed by atoms with Gasteiger partial charge in [0.2, 0.25) is 5.88 Å². The van der Waals surface area contributed by atoms with E-state index in [2.05, 4.69) is 36.8 Å². The molecule has 1 aromatic carbocycles. The van der Waals surface area contributed by atoms with E-state index in [0.29, 0.717) is 19.7 Å². The van der Waals surface area contributed by atoms with E-state index < -0.39 is 4.92 Å². The van der Waals surface area contributed by atoms with Gasteiger partial charge < -0.3 is 4.74 Å². The van der Waals surface area contributed by atoms with Gasteiger partial charge in [-0.3, -0.25) is 10.1 Å². The lowest BCUT2D eigenvalue weighted by molar-refractivity contribution is -0.384. The predicted molar refractivity (Wildman–Crippen MR) is 77.8 cm³/mol. The van der Waals surface area contributed by atoms with E-state index in [1.165, 1.54) is 24.4 Å². The second-order valence-electron chi connectivity index (χ2n) is 3.41. The van der Waals surface area contributed by atoms with Crippen molar-refractivity contribution in [2.45, 2.75) is 0 Å². The summed E-state index contributed by atoms with van der Waals surface area (Å²) >= 11 is 12.3. The van der Waals surface area contributed by atoms with Crippen LogP contribution in [0.1, 0.15) is 0 Å². The van der Waals surface area contributed by atoms with Crippen molar-refractivity contribution in [3.8, 4) is 11.6 Å². The van der Waals surface area contributed by atoms with E-state index in [4.69, 9.17) is 16.3 Å². The van der Waals surface area contributed by atoms with E-state index in [0.717, 1.165) is 0 Å². The molecule has 0 aliphatic rings. The first kappa shape index (κ1) is 14.2. The molecule has 5 nitrogen and oxygen atoms in total. The van der Waals surface area contributed by atoms with Crippen molar-refractivity contribution in [3.05, 3.63) is 54.5 Å². The van der Waals surface area contributed by atoms with Gasteiger partial charge in [0.25, 0.3) is 5.69 Å². The Kier molecular flexibility index (Phi) is 4.38. The number of halogens is 3. The lowest BCUT2D eigenvalue weighted by atomic mass is 10.3. The number of nitro benzene ring substituents is 1. The number of aromatic nitrogens is 1. The number of nitrogens with zero attached hydrogens (tertiary/aromatic N) is 2. The fourth-order valence-electron chi connectivity index (χ4n) is 1.27. The second-order valence-corrected chi connectivity index (χ2v) is 5.56. The SMILES string of the molecule is O=[N+]([O-])c1ccc(Br)c(Oc2ncc(Cl)cc2Br)c1. The molecule has 2 rings (SSSR count). The third-order valence-electron chi connectivity index (χ3n) is 2.11. The number of rotatable bonds is 3. The Labute approximate surface area is 130 Å². The van der Waals surface area contributed by atoms with Gasteiger partial charge in [-0.1, -0.05) is 11.6 Å². The highest BCUT2D eigenvalue weighted by Gasteiger charge is 2.13. The van der Waals surface area contributed by atoms with E-state index in [1.54, 1.807) is 6.07 Å². The van der Waals surface area contributed by atoms with Crippen LogP contribution in [-0.4, -0.2) is 9.91 Å². The van der Waals surface area contributed by atoms with Gasteiger partial charge in [0.1, 0.15) is 0 Å². The van der Waals surface area contributed by atoms with Gasteiger partial charge in [0.05, 0.1) is 25.0 Å². The maximum atomic E-state index is 10.7. The molecule has 0 fully saturated rings. The minimum absolute atomic E-state index is 0.0664. The number of pyridine rings is 1. The van der Waals surface area contributed by atoms with Crippen molar-refractivity contribution in [2.24, 2.45) is 0 Å². The summed E-state index contributed by atoms with van der Waals surface area (Å²) in [5.74, 6) is 0.565. The molecule has 0 bridgehead atoms. The molecule has 0 aliphatic carbocycles. The highest BCUT2D eigenvalue weighted by molar-refractivity contribution is 9.11. The van der Waals surface area contributed by atoms with Gasteiger partial charge >= 0.3 is 0 Å². The zero-order valence-corrected chi connectivity index (χ0v) is 13.1. The first-order chi connectivity index (χ1) is 8.97. The molecular weight excluding hydrogens is 403 g/mol. The Morgan fingerprint density at radius 2 is 2.00 bits per heavy atom. The molecule has 0 atom stereocenters. The Morgan fingerprint density at radius 1 is 1.26 bits per heavy atom. The monoisotopic (exact) mass is 406 g/mol. The average molecular weight is 408 g/mol. The van der Waals surface area contributed by atoms with Gasteiger partial charge in [0, 0.05) is 12.3 Å². The van der Waals surface area contributed by atoms with Gasteiger partial charge in [-0.15, -0.1) is 0 Å². The summed E-state index contributed by atoms with van der Waals surface area (Å²) in [5.41, 5.74) is -0.0664. The molecule has 19 heavy (non-hydrogen) atoms. The van der Waals surface area contributed by atoms with Crippen LogP contribution in [0.25, 0.3) is 0 Å². The largest absolute Gasteiger partial charge is 0.436 e. The van der Waals surface area contributed by atoms with E-state index in [9.17, 15) is 10.1 Å². The van der Waals surface area contributed by atoms with Gasteiger partial charge in [-0.05, 0) is 44.0 Å². The van der Waals surface area contributed by atoms with E-state index >= 15 is 0 Å². The molecule has 0 saturated heterocycles. The summed E-state index contributed by atoms with van der Waals surface area (Å²) in [6, 6.07) is 5.85. The maximum Gasteiger partial charge on any atom is 0.273 e. The van der Waals surface area contributed by atoms with Crippen LogP contribution in [0.5, 0.6) is 11.6 Å². The normalized spacial score (nSPS) is 10.3. The summed E-state index contributed by atoms with van der Waals surface area (Å²) in [5, 5.41) is 11.2. The third kappa shape index (κ3) is 3.43. The second kappa shape index (κ2) is 5.85. The minimum atomic E-state index is -0.496. The Bertz CT molecular complexity index is 652. The first-order valence-electron chi connectivity index (χ1n) is 4.90. The van der Waals surface area contributed by atoms with Crippen molar-refractivity contribution >= 4 is 49.1 Å². The van der Waals surface area contributed by atoms with Crippen molar-refractivity contribution in [2.75, 3.05) is 0 Å². The third-order valence-corrected chi connectivity index (χ3v) is 3.54. The van der Waals surface area contributed by atoms with Crippen LogP contribution in [0, 0.1) is 10.1 Å². The number of ether oxygens (including phenoxy) is 1. The summed E-state index contributed by atoms with van der Waals surface area (Å²) < 4.78 is 6.66. The standard InChI is InChI=1S/C11H5Br2ClN2O3/c12-8-2-1-7(16(17)18)4-10(8)19-11-9(13)3-6(14)5-15-11/h1-5H. The van der Waals surface area contributed by atoms with Gasteiger partial charge in [0.15, 0.2) is 5.75 Å². The molecule has 0 unspecified atom stereocenters. The first-order valence-corrected chi connectivity index (χ1v) is 6.86. The van der Waals surface area contributed by atoms with Crippen LogP contribution >= 0.6 is 43.5 Å². The molecule has 1 aromatic heterocycles. The molecule has 98 valence electrons. The zero-order valence-electron chi connectivity index (χ0n) is 9.14. The summed E-state index contributed by atoms with van der Waals surface area (Å²) in [6.45, 7) is 0. The van der Waals surface area contributed by atoms with Crippen LogP contribution in [0.3, 0.4) is 0 Å². The molecule has 0 spiro atoms. The molecule has 0 aliphatic heterocycles. The smallest absolute Gasteiger partial charge is 0.273 e. The zero-order chi connectivity index (χ0) is 14.0. The summed E-state index contributed by atoms with van der Waals surface area (Å²) in [4.78, 5) is 14.2. The number of nitro groups is 1. The average Bonchev–Trinajstić information content (AvgIpc) is 2.34. The predicted octanol–water partition coefficient (Wildman–Crippen LogP) is 4.96. The minimum Gasteiger partial charge on any atom is -0.436 e. The highest BCUT2D eigenvalue weighted by atomic mass is 79.9. The summed E-state index contributed by atoms with van der Waals surface area (Å²) in [7, 11) is 0. The Morgan fingerprint density at radius 3 is 2.63 bits per heavy atom. The van der Waals surface area contributed by atoms with Gasteiger partial charge in [-0.2, -0.15) is 0 Å². The Hall–Kier alpha value is -1.18. The fraction of sp³-hybridized carbons (Fsp3) is 0. The number of benzene rings is 1. The summed E-state index contributed by atoms with van der Waals surface area (Å²) in [6.07, 6.45) is 1.42. The van der Waals surface area contributed by atoms with Gasteiger partial charge in [-0.25, -0.2) is 4.98 Å². The van der Waals surface area contributed by atoms with Crippen molar-refractivity contribution in [1.82, 2.24) is 4.98 Å². The molecule has 0 saturated carbocycles. The molecule has 0 amide bonds. The lowest BCUT2D eigenvalue weighted by Crippen LogP contribution is -1.93. The number of non-ortho nitro benzene ring substituents is 1. The highest BCUT2D eigenvalue weighted by Crippen LogP contribution is 2.35. The van der Waals surface area contributed by atoms with Crippen LogP contribution < -0.4 is 4.74 Å².